The zero-order valence-corrected chi connectivity index (χ0v) is 7.81. The van der Waals surface area contributed by atoms with Crippen molar-refractivity contribution >= 4 is 5.97 Å². The summed E-state index contributed by atoms with van der Waals surface area (Å²) < 4.78 is 0. The zero-order valence-electron chi connectivity index (χ0n) is 7.81. The Morgan fingerprint density at radius 1 is 1.57 bits per heavy atom. The number of carbonyl (C=O) groups is 1. The molecule has 1 aromatic rings. The minimum atomic E-state index is -0.781. The van der Waals surface area contributed by atoms with Crippen LogP contribution in [0.2, 0.25) is 0 Å². The van der Waals surface area contributed by atoms with Crippen LogP contribution in [0.3, 0.4) is 0 Å². The molecule has 1 aromatic heterocycles. The third-order valence-electron chi connectivity index (χ3n) is 2.27. The quantitative estimate of drug-likeness (QED) is 0.782. The molecule has 4 nitrogen and oxygen atoms in total. The summed E-state index contributed by atoms with van der Waals surface area (Å²) in [6.07, 6.45) is 4.70. The molecule has 1 aliphatic carbocycles. The third kappa shape index (κ3) is 2.28. The molecule has 1 aliphatic rings. The standard InChI is InChI=1S/C10H12N2O2/c13-9(14)4-3-8-5-6-11-10(12-8)7-1-2-7/h5-7H,1-4H2,(H,13,14). The molecule has 0 unspecified atom stereocenters. The number of aliphatic carboxylic acids is 1. The first-order valence-corrected chi connectivity index (χ1v) is 4.79. The molecule has 0 radical (unpaired) electrons. The van der Waals surface area contributed by atoms with Crippen LogP contribution in [-0.2, 0) is 11.2 Å². The monoisotopic (exact) mass is 192 g/mol. The molecular weight excluding hydrogens is 180 g/mol. The van der Waals surface area contributed by atoms with Crippen LogP contribution in [0.25, 0.3) is 0 Å². The number of rotatable bonds is 4. The first-order valence-electron chi connectivity index (χ1n) is 4.79. The summed E-state index contributed by atoms with van der Waals surface area (Å²) >= 11 is 0. The van der Waals surface area contributed by atoms with Gasteiger partial charge in [0.15, 0.2) is 0 Å². The van der Waals surface area contributed by atoms with Gasteiger partial charge in [-0.3, -0.25) is 4.79 Å². The molecule has 1 fully saturated rings. The highest BCUT2D eigenvalue weighted by Crippen LogP contribution is 2.37. The molecule has 14 heavy (non-hydrogen) atoms. The molecule has 1 heterocycles. The van der Waals surface area contributed by atoms with E-state index in [1.807, 2.05) is 0 Å². The summed E-state index contributed by atoms with van der Waals surface area (Å²) in [5, 5.41) is 8.52. The van der Waals surface area contributed by atoms with Crippen molar-refractivity contribution in [1.29, 1.82) is 0 Å². The molecule has 2 rings (SSSR count). The van der Waals surface area contributed by atoms with Gasteiger partial charge >= 0.3 is 5.97 Å². The largest absolute Gasteiger partial charge is 0.481 e. The van der Waals surface area contributed by atoms with Gasteiger partial charge in [0.25, 0.3) is 0 Å². The fourth-order valence-electron chi connectivity index (χ4n) is 1.33. The van der Waals surface area contributed by atoms with E-state index in [1.165, 1.54) is 12.8 Å². The van der Waals surface area contributed by atoms with E-state index in [0.29, 0.717) is 12.3 Å². The normalized spacial score (nSPS) is 15.4. The zero-order chi connectivity index (χ0) is 9.97. The molecule has 1 N–H and O–H groups in total. The maximum absolute atomic E-state index is 10.4. The van der Waals surface area contributed by atoms with Crippen molar-refractivity contribution in [2.75, 3.05) is 0 Å². The van der Waals surface area contributed by atoms with E-state index in [-0.39, 0.29) is 6.42 Å². The highest BCUT2D eigenvalue weighted by Gasteiger charge is 2.26. The topological polar surface area (TPSA) is 63.1 Å². The number of nitrogens with zero attached hydrogens (tertiary/aromatic N) is 2. The molecule has 74 valence electrons. The lowest BCUT2D eigenvalue weighted by molar-refractivity contribution is -0.136. The average Bonchev–Trinajstić information content (AvgIpc) is 2.98. The highest BCUT2D eigenvalue weighted by molar-refractivity contribution is 5.66. The minimum Gasteiger partial charge on any atom is -0.481 e. The lowest BCUT2D eigenvalue weighted by Crippen LogP contribution is -2.01. The summed E-state index contributed by atoms with van der Waals surface area (Å²) in [6, 6.07) is 1.79. The number of hydrogen-bond donors (Lipinski definition) is 1. The van der Waals surface area contributed by atoms with Gasteiger partial charge in [-0.15, -0.1) is 0 Å². The Labute approximate surface area is 82.0 Å². The Kier molecular flexibility index (Phi) is 2.43. The van der Waals surface area contributed by atoms with Gasteiger partial charge < -0.3 is 5.11 Å². The maximum atomic E-state index is 10.4. The SMILES string of the molecule is O=C(O)CCc1ccnc(C2CC2)n1. The van der Waals surface area contributed by atoms with E-state index in [2.05, 4.69) is 9.97 Å². The predicted octanol–water partition coefficient (Wildman–Crippen LogP) is 1.37. The summed E-state index contributed by atoms with van der Waals surface area (Å²) in [6.45, 7) is 0. The highest BCUT2D eigenvalue weighted by atomic mass is 16.4. The Morgan fingerprint density at radius 3 is 3.00 bits per heavy atom. The van der Waals surface area contributed by atoms with Gasteiger partial charge in [0, 0.05) is 24.2 Å². The second kappa shape index (κ2) is 3.74. The van der Waals surface area contributed by atoms with Crippen LogP contribution in [0.4, 0.5) is 0 Å². The van der Waals surface area contributed by atoms with Gasteiger partial charge in [-0.1, -0.05) is 0 Å². The molecule has 0 amide bonds. The Balaban J connectivity index is 2.02. The van der Waals surface area contributed by atoms with E-state index < -0.39 is 5.97 Å². The fourth-order valence-corrected chi connectivity index (χ4v) is 1.33. The molecular formula is C10H12N2O2. The molecule has 0 aromatic carbocycles. The second-order valence-corrected chi connectivity index (χ2v) is 3.57. The Morgan fingerprint density at radius 2 is 2.36 bits per heavy atom. The molecule has 1 saturated carbocycles. The van der Waals surface area contributed by atoms with Crippen molar-refractivity contribution in [1.82, 2.24) is 9.97 Å². The number of aryl methyl sites for hydroxylation is 1. The maximum Gasteiger partial charge on any atom is 0.303 e. The predicted molar refractivity (Wildman–Crippen MR) is 50.0 cm³/mol. The lowest BCUT2D eigenvalue weighted by atomic mass is 10.2. The Bertz CT molecular complexity index is 348. The van der Waals surface area contributed by atoms with Crippen LogP contribution in [0.5, 0.6) is 0 Å². The number of hydrogen-bond acceptors (Lipinski definition) is 3. The fraction of sp³-hybridized carbons (Fsp3) is 0.500. The van der Waals surface area contributed by atoms with Crippen LogP contribution in [-0.4, -0.2) is 21.0 Å². The summed E-state index contributed by atoms with van der Waals surface area (Å²) in [5.41, 5.74) is 0.837. The van der Waals surface area contributed by atoms with Crippen LogP contribution < -0.4 is 0 Å². The third-order valence-corrected chi connectivity index (χ3v) is 2.27. The van der Waals surface area contributed by atoms with Gasteiger partial charge in [-0.2, -0.15) is 0 Å². The summed E-state index contributed by atoms with van der Waals surface area (Å²) in [4.78, 5) is 18.9. The molecule has 4 heteroatoms. The van der Waals surface area contributed by atoms with E-state index >= 15 is 0 Å². The lowest BCUT2D eigenvalue weighted by Gasteiger charge is -2.00. The van der Waals surface area contributed by atoms with Crippen molar-refractivity contribution in [3.05, 3.63) is 23.8 Å². The number of aromatic nitrogens is 2. The molecule has 0 aliphatic heterocycles. The first-order chi connectivity index (χ1) is 6.75. The van der Waals surface area contributed by atoms with Gasteiger partial charge in [-0.25, -0.2) is 9.97 Å². The average molecular weight is 192 g/mol. The van der Waals surface area contributed by atoms with Crippen molar-refractivity contribution < 1.29 is 9.90 Å². The van der Waals surface area contributed by atoms with Crippen LogP contribution >= 0.6 is 0 Å². The van der Waals surface area contributed by atoms with E-state index in [9.17, 15) is 4.79 Å². The van der Waals surface area contributed by atoms with Crippen molar-refractivity contribution in [3.8, 4) is 0 Å². The van der Waals surface area contributed by atoms with Gasteiger partial charge in [0.2, 0.25) is 0 Å². The second-order valence-electron chi connectivity index (χ2n) is 3.57. The van der Waals surface area contributed by atoms with Crippen molar-refractivity contribution in [2.45, 2.75) is 31.6 Å². The summed E-state index contributed by atoms with van der Waals surface area (Å²) in [5.74, 6) is 0.629. The number of carboxylic acids is 1. The molecule has 0 spiro atoms. The van der Waals surface area contributed by atoms with E-state index in [4.69, 9.17) is 5.11 Å². The number of carboxylic acid groups (broad SMARTS) is 1. The van der Waals surface area contributed by atoms with Gasteiger partial charge in [-0.05, 0) is 18.9 Å². The molecule has 0 bridgehead atoms. The minimum absolute atomic E-state index is 0.140. The first kappa shape index (κ1) is 9.12. The van der Waals surface area contributed by atoms with Gasteiger partial charge in [0.05, 0.1) is 6.42 Å². The van der Waals surface area contributed by atoms with Crippen LogP contribution in [0.1, 0.15) is 36.7 Å². The van der Waals surface area contributed by atoms with Gasteiger partial charge in [0.1, 0.15) is 5.82 Å². The van der Waals surface area contributed by atoms with E-state index in [1.54, 1.807) is 12.3 Å². The molecule has 0 atom stereocenters. The van der Waals surface area contributed by atoms with Crippen molar-refractivity contribution in [3.63, 3.8) is 0 Å². The summed E-state index contributed by atoms with van der Waals surface area (Å²) in [7, 11) is 0. The van der Waals surface area contributed by atoms with Crippen LogP contribution in [0, 0.1) is 0 Å². The Hall–Kier alpha value is -1.45. The van der Waals surface area contributed by atoms with E-state index in [0.717, 1.165) is 11.5 Å². The smallest absolute Gasteiger partial charge is 0.303 e. The molecule has 0 saturated heterocycles. The van der Waals surface area contributed by atoms with Crippen molar-refractivity contribution in [2.24, 2.45) is 0 Å². The van der Waals surface area contributed by atoms with Crippen LogP contribution in [0.15, 0.2) is 12.3 Å².